The van der Waals surface area contributed by atoms with E-state index in [-0.39, 0.29) is 12.1 Å². The zero-order valence-corrected chi connectivity index (χ0v) is 13.1. The topological polar surface area (TPSA) is 71.8 Å². The Kier molecular flexibility index (Phi) is 4.95. The average molecular weight is 317 g/mol. The number of rotatable bonds is 5. The van der Waals surface area contributed by atoms with Crippen molar-refractivity contribution in [3.63, 3.8) is 0 Å². The van der Waals surface area contributed by atoms with E-state index in [0.29, 0.717) is 6.54 Å². The maximum Gasteiger partial charge on any atom is 0.315 e. The quantitative estimate of drug-likeness (QED) is 0.829. The van der Waals surface area contributed by atoms with Crippen LogP contribution in [0.1, 0.15) is 24.4 Å². The number of hydrogen-bond donors (Lipinski definition) is 2. The van der Waals surface area contributed by atoms with Crippen LogP contribution in [0.15, 0.2) is 41.8 Å². The predicted molar refractivity (Wildman–Crippen MR) is 85.7 cm³/mol. The highest BCUT2D eigenvalue weighted by Crippen LogP contribution is 2.35. The summed E-state index contributed by atoms with van der Waals surface area (Å²) in [5.74, 6) is 1.04. The van der Waals surface area contributed by atoms with Gasteiger partial charge in [-0.05, 0) is 24.5 Å². The number of carbonyl (C=O) groups is 1. The van der Waals surface area contributed by atoms with Crippen molar-refractivity contribution in [2.45, 2.75) is 30.3 Å². The first kappa shape index (κ1) is 14.9. The molecule has 3 rings (SSSR count). The highest BCUT2D eigenvalue weighted by Gasteiger charge is 2.21. The van der Waals surface area contributed by atoms with E-state index < -0.39 is 0 Å². The molecule has 0 radical (unpaired) electrons. The zero-order chi connectivity index (χ0) is 15.2. The lowest BCUT2D eigenvalue weighted by atomic mass is 10.0. The van der Waals surface area contributed by atoms with Gasteiger partial charge in [0.1, 0.15) is 12.7 Å². The van der Waals surface area contributed by atoms with Crippen molar-refractivity contribution in [3.8, 4) is 0 Å². The Morgan fingerprint density at radius 2 is 2.32 bits per heavy atom. The summed E-state index contributed by atoms with van der Waals surface area (Å²) in [5.41, 5.74) is 1.22. The number of hydrogen-bond acceptors (Lipinski definition) is 4. The van der Waals surface area contributed by atoms with E-state index in [9.17, 15) is 4.79 Å². The van der Waals surface area contributed by atoms with Gasteiger partial charge >= 0.3 is 6.03 Å². The minimum absolute atomic E-state index is 0.104. The lowest BCUT2D eigenvalue weighted by Crippen LogP contribution is -2.39. The van der Waals surface area contributed by atoms with Gasteiger partial charge in [0.25, 0.3) is 0 Å². The monoisotopic (exact) mass is 317 g/mol. The lowest BCUT2D eigenvalue weighted by molar-refractivity contribution is 0.236. The molecule has 1 aliphatic heterocycles. The molecule has 1 aromatic heterocycles. The maximum absolute atomic E-state index is 12.0. The van der Waals surface area contributed by atoms with Crippen LogP contribution in [0.25, 0.3) is 0 Å². The summed E-state index contributed by atoms with van der Waals surface area (Å²) in [7, 11) is 0. The number of aromatic nitrogens is 3. The molecule has 2 heterocycles. The Labute approximate surface area is 133 Å². The number of carbonyl (C=O) groups excluding carboxylic acids is 1. The van der Waals surface area contributed by atoms with Gasteiger partial charge in [-0.25, -0.2) is 9.78 Å². The summed E-state index contributed by atoms with van der Waals surface area (Å²) in [5, 5.41) is 10.0. The number of fused-ring (bicyclic) bond motifs is 1. The molecule has 2 aromatic rings. The predicted octanol–water partition coefficient (Wildman–Crippen LogP) is 2.20. The van der Waals surface area contributed by atoms with Gasteiger partial charge in [0, 0.05) is 23.7 Å². The molecule has 0 saturated carbocycles. The molecule has 2 N–H and O–H groups in total. The van der Waals surface area contributed by atoms with Crippen LogP contribution in [0, 0.1) is 0 Å². The molecule has 22 heavy (non-hydrogen) atoms. The molecular formula is C15H19N5OS. The summed E-state index contributed by atoms with van der Waals surface area (Å²) in [6, 6.07) is 8.27. The molecule has 0 bridgehead atoms. The van der Waals surface area contributed by atoms with Crippen LogP contribution in [-0.2, 0) is 6.54 Å². The third kappa shape index (κ3) is 3.79. The van der Waals surface area contributed by atoms with E-state index >= 15 is 0 Å². The van der Waals surface area contributed by atoms with Crippen LogP contribution >= 0.6 is 11.8 Å². The van der Waals surface area contributed by atoms with Gasteiger partial charge in [-0.2, -0.15) is 5.10 Å². The second-order valence-electron chi connectivity index (χ2n) is 5.14. The van der Waals surface area contributed by atoms with E-state index in [1.165, 1.54) is 16.8 Å². The number of thioether (sulfide) groups is 1. The molecule has 0 aliphatic carbocycles. The normalized spacial score (nSPS) is 16.8. The van der Waals surface area contributed by atoms with Crippen molar-refractivity contribution < 1.29 is 4.79 Å². The zero-order valence-electron chi connectivity index (χ0n) is 12.2. The third-order valence-corrected chi connectivity index (χ3v) is 4.70. The summed E-state index contributed by atoms with van der Waals surface area (Å²) >= 11 is 1.85. The van der Waals surface area contributed by atoms with Crippen LogP contribution in [0.3, 0.4) is 0 Å². The fourth-order valence-electron chi connectivity index (χ4n) is 2.49. The Morgan fingerprint density at radius 3 is 3.18 bits per heavy atom. The van der Waals surface area contributed by atoms with Crippen molar-refractivity contribution in [2.24, 2.45) is 0 Å². The largest absolute Gasteiger partial charge is 0.338 e. The van der Waals surface area contributed by atoms with E-state index in [0.717, 1.165) is 25.1 Å². The van der Waals surface area contributed by atoms with Crippen molar-refractivity contribution in [1.82, 2.24) is 25.4 Å². The summed E-state index contributed by atoms with van der Waals surface area (Å²) < 4.78 is 1.76. The molecule has 0 fully saturated rings. The number of nitrogens with zero attached hydrogens (tertiary/aromatic N) is 3. The van der Waals surface area contributed by atoms with Gasteiger partial charge in [0.05, 0.1) is 6.04 Å². The van der Waals surface area contributed by atoms with Crippen molar-refractivity contribution in [1.29, 1.82) is 0 Å². The smallest absolute Gasteiger partial charge is 0.315 e. The Hall–Kier alpha value is -2.02. The molecule has 0 saturated heterocycles. The minimum Gasteiger partial charge on any atom is -0.338 e. The lowest BCUT2D eigenvalue weighted by Gasteiger charge is -2.25. The van der Waals surface area contributed by atoms with Gasteiger partial charge in [-0.1, -0.05) is 18.2 Å². The van der Waals surface area contributed by atoms with Crippen molar-refractivity contribution >= 4 is 17.8 Å². The van der Waals surface area contributed by atoms with Crippen LogP contribution in [0.2, 0.25) is 0 Å². The van der Waals surface area contributed by atoms with Gasteiger partial charge < -0.3 is 10.6 Å². The molecule has 1 unspecified atom stereocenters. The van der Waals surface area contributed by atoms with E-state index in [1.807, 2.05) is 23.9 Å². The molecule has 116 valence electrons. The third-order valence-electron chi connectivity index (χ3n) is 3.58. The fraction of sp³-hybridized carbons (Fsp3) is 0.400. The summed E-state index contributed by atoms with van der Waals surface area (Å²) in [4.78, 5) is 17.2. The maximum atomic E-state index is 12.0. The number of amides is 2. The number of benzene rings is 1. The first-order valence-corrected chi connectivity index (χ1v) is 8.40. The Balaban J connectivity index is 1.44. The van der Waals surface area contributed by atoms with Gasteiger partial charge in [-0.3, -0.25) is 4.68 Å². The molecule has 2 amide bonds. The summed E-state index contributed by atoms with van der Waals surface area (Å²) in [6.07, 6.45) is 4.98. The van der Waals surface area contributed by atoms with Crippen LogP contribution < -0.4 is 10.6 Å². The summed E-state index contributed by atoms with van der Waals surface area (Å²) in [6.45, 7) is 1.37. The molecule has 6 nitrogen and oxygen atoms in total. The average Bonchev–Trinajstić information content (AvgIpc) is 3.05. The number of aryl methyl sites for hydroxylation is 1. The second kappa shape index (κ2) is 7.31. The molecule has 1 atom stereocenters. The first-order chi connectivity index (χ1) is 10.8. The van der Waals surface area contributed by atoms with Gasteiger partial charge in [0.2, 0.25) is 0 Å². The first-order valence-electron chi connectivity index (χ1n) is 7.41. The van der Waals surface area contributed by atoms with E-state index in [1.54, 1.807) is 11.0 Å². The highest BCUT2D eigenvalue weighted by molar-refractivity contribution is 7.99. The number of urea groups is 1. The van der Waals surface area contributed by atoms with Crippen LogP contribution in [-0.4, -0.2) is 33.1 Å². The molecule has 1 aliphatic rings. The van der Waals surface area contributed by atoms with E-state index in [4.69, 9.17) is 0 Å². The molecule has 7 heteroatoms. The van der Waals surface area contributed by atoms with Gasteiger partial charge in [0.15, 0.2) is 0 Å². The minimum atomic E-state index is -0.106. The van der Waals surface area contributed by atoms with Crippen LogP contribution in [0.4, 0.5) is 4.79 Å². The van der Waals surface area contributed by atoms with Crippen molar-refractivity contribution in [2.75, 3.05) is 12.3 Å². The van der Waals surface area contributed by atoms with Crippen LogP contribution in [0.5, 0.6) is 0 Å². The number of nitrogens with one attached hydrogen (secondary N) is 2. The standard InChI is InChI=1S/C15H19N5OS/c21-15(17-7-3-8-20-11-16-10-18-20)19-13-6-9-22-14-5-2-1-4-12(13)14/h1-2,4-5,10-11,13H,3,6-9H2,(H2,17,19,21). The highest BCUT2D eigenvalue weighted by atomic mass is 32.2. The Morgan fingerprint density at radius 1 is 1.41 bits per heavy atom. The van der Waals surface area contributed by atoms with Crippen molar-refractivity contribution in [3.05, 3.63) is 42.5 Å². The fourth-order valence-corrected chi connectivity index (χ4v) is 3.62. The molecular weight excluding hydrogens is 298 g/mol. The Bertz CT molecular complexity index is 616. The van der Waals surface area contributed by atoms with E-state index in [2.05, 4.69) is 32.8 Å². The SMILES string of the molecule is O=C(NCCCn1cncn1)NC1CCSc2ccccc21. The molecule has 1 aromatic carbocycles. The second-order valence-corrected chi connectivity index (χ2v) is 6.28. The van der Waals surface area contributed by atoms with Gasteiger partial charge in [-0.15, -0.1) is 11.8 Å². The molecule has 0 spiro atoms.